The normalized spacial score (nSPS) is 11.6. The fourth-order valence-electron chi connectivity index (χ4n) is 5.83. The highest BCUT2D eigenvalue weighted by atomic mass is 32.1. The summed E-state index contributed by atoms with van der Waals surface area (Å²) in [5, 5.41) is 0. The zero-order valence-corrected chi connectivity index (χ0v) is 30.7. The summed E-state index contributed by atoms with van der Waals surface area (Å²) in [7, 11) is 11.8. The van der Waals surface area contributed by atoms with Gasteiger partial charge in [0.1, 0.15) is 11.0 Å². The monoisotopic (exact) mass is 710 g/mol. The first-order valence-corrected chi connectivity index (χ1v) is 18.9. The highest BCUT2D eigenvalue weighted by Crippen LogP contribution is 2.54. The van der Waals surface area contributed by atoms with Crippen molar-refractivity contribution in [3.8, 4) is 53.3 Å². The molecule has 0 unspecified atom stereocenters. The van der Waals surface area contributed by atoms with Crippen molar-refractivity contribution in [3.05, 3.63) is 72.8 Å². The Morgan fingerprint density at radius 2 is 0.936 bits per heavy atom. The molecule has 8 aromatic rings. The average Bonchev–Trinajstić information content (AvgIpc) is 3.90. The SMILES string of the molecule is COc1c(-c2ccc(-c3sc4cc(-c5ccc(N(C)C)cc5)sc4c3OC)c3nsnc23)sc2cc(-c3ccc(N(C)C)cc3)sc12. The molecule has 236 valence electrons. The molecule has 0 spiro atoms. The van der Waals surface area contributed by atoms with E-state index in [4.69, 9.17) is 18.2 Å². The van der Waals surface area contributed by atoms with Crippen LogP contribution in [0.5, 0.6) is 11.5 Å². The standard InChI is InChI=1S/C36H30N4O2S5/c1-39(2)21-11-7-19(8-12-21)25-17-27-35(43-25)31(41-5)33(45-27)23-15-16-24(30-29(23)37-47-38-30)34-32(42-6)36-28(46-34)18-26(44-36)20-9-13-22(14-10-20)40(3)4/h7-18H,1-6H3. The maximum atomic E-state index is 6.08. The number of hydrogen-bond donors (Lipinski definition) is 0. The predicted molar refractivity (Wildman–Crippen MR) is 207 cm³/mol. The van der Waals surface area contributed by atoms with Crippen LogP contribution >= 0.6 is 57.1 Å². The van der Waals surface area contributed by atoms with Crippen LogP contribution in [0.3, 0.4) is 0 Å². The summed E-state index contributed by atoms with van der Waals surface area (Å²) in [6, 6.07) is 26.3. The van der Waals surface area contributed by atoms with Crippen LogP contribution in [-0.4, -0.2) is 51.2 Å². The van der Waals surface area contributed by atoms with Crippen molar-refractivity contribution in [1.29, 1.82) is 0 Å². The topological polar surface area (TPSA) is 50.7 Å². The Bertz CT molecular complexity index is 2230. The Morgan fingerprint density at radius 1 is 0.532 bits per heavy atom. The van der Waals surface area contributed by atoms with Gasteiger partial charge in [-0.25, -0.2) is 0 Å². The summed E-state index contributed by atoms with van der Waals surface area (Å²) in [4.78, 5) is 8.86. The summed E-state index contributed by atoms with van der Waals surface area (Å²) < 4.78 is 26.5. The smallest absolute Gasteiger partial charge is 0.155 e. The molecular weight excluding hydrogens is 681 g/mol. The van der Waals surface area contributed by atoms with E-state index in [0.717, 1.165) is 52.8 Å². The molecule has 5 aromatic heterocycles. The number of fused-ring (bicyclic) bond motifs is 3. The predicted octanol–water partition coefficient (Wildman–Crippen LogP) is 11.1. The van der Waals surface area contributed by atoms with Crippen molar-refractivity contribution < 1.29 is 9.47 Å². The van der Waals surface area contributed by atoms with E-state index >= 15 is 0 Å². The number of hydrogen-bond acceptors (Lipinski definition) is 11. The van der Waals surface area contributed by atoms with Gasteiger partial charge in [0.15, 0.2) is 11.5 Å². The van der Waals surface area contributed by atoms with Crippen LogP contribution in [0.25, 0.3) is 71.6 Å². The van der Waals surface area contributed by atoms with Crippen LogP contribution in [-0.2, 0) is 0 Å². The number of methoxy groups -OCH3 is 2. The molecular formula is C36H30N4O2S5. The molecule has 0 aliphatic rings. The van der Waals surface area contributed by atoms with Gasteiger partial charge in [-0.2, -0.15) is 8.75 Å². The molecule has 0 fully saturated rings. The fraction of sp³-hybridized carbons (Fsp3) is 0.167. The number of ether oxygens (including phenoxy) is 2. The van der Waals surface area contributed by atoms with Gasteiger partial charge in [0.2, 0.25) is 0 Å². The molecule has 0 N–H and O–H groups in total. The maximum Gasteiger partial charge on any atom is 0.155 e. The lowest BCUT2D eigenvalue weighted by Gasteiger charge is -2.12. The summed E-state index contributed by atoms with van der Waals surface area (Å²) in [6.07, 6.45) is 0. The Kier molecular flexibility index (Phi) is 7.69. The van der Waals surface area contributed by atoms with Crippen LogP contribution in [0.15, 0.2) is 72.8 Å². The molecule has 0 saturated carbocycles. The molecule has 0 aliphatic heterocycles. The van der Waals surface area contributed by atoms with Gasteiger partial charge in [0.05, 0.1) is 54.5 Å². The summed E-state index contributed by atoms with van der Waals surface area (Å²) in [5.74, 6) is 1.79. The van der Waals surface area contributed by atoms with Crippen molar-refractivity contribution in [2.75, 3.05) is 52.2 Å². The van der Waals surface area contributed by atoms with Crippen molar-refractivity contribution in [1.82, 2.24) is 8.75 Å². The quantitative estimate of drug-likeness (QED) is 0.156. The van der Waals surface area contributed by atoms with Crippen molar-refractivity contribution in [2.24, 2.45) is 0 Å². The van der Waals surface area contributed by atoms with Crippen LogP contribution < -0.4 is 19.3 Å². The minimum absolute atomic E-state index is 0.889. The fourth-order valence-corrected chi connectivity index (χ4v) is 11.6. The van der Waals surface area contributed by atoms with Gasteiger partial charge in [-0.1, -0.05) is 36.4 Å². The maximum absolute atomic E-state index is 6.08. The van der Waals surface area contributed by atoms with Gasteiger partial charge in [-0.05, 0) is 47.5 Å². The third-order valence-electron chi connectivity index (χ3n) is 8.29. The van der Waals surface area contributed by atoms with Crippen molar-refractivity contribution in [2.45, 2.75) is 0 Å². The largest absolute Gasteiger partial charge is 0.494 e. The van der Waals surface area contributed by atoms with Gasteiger partial charge in [-0.3, -0.25) is 0 Å². The zero-order valence-electron chi connectivity index (χ0n) is 26.6. The van der Waals surface area contributed by atoms with Gasteiger partial charge in [-0.15, -0.1) is 45.3 Å². The number of nitrogens with zero attached hydrogens (tertiary/aromatic N) is 4. The number of thiophene rings is 4. The Balaban J connectivity index is 1.17. The van der Waals surface area contributed by atoms with Gasteiger partial charge in [0.25, 0.3) is 0 Å². The second-order valence-electron chi connectivity index (χ2n) is 11.5. The second kappa shape index (κ2) is 11.9. The van der Waals surface area contributed by atoms with Crippen LogP contribution in [0.2, 0.25) is 0 Å². The molecule has 0 bridgehead atoms. The Labute approximate surface area is 293 Å². The van der Waals surface area contributed by atoms with Crippen molar-refractivity contribution >= 4 is 98.3 Å². The molecule has 8 rings (SSSR count). The van der Waals surface area contributed by atoms with E-state index in [2.05, 4.69) is 111 Å². The van der Waals surface area contributed by atoms with E-state index in [1.54, 1.807) is 59.6 Å². The van der Waals surface area contributed by atoms with E-state index in [9.17, 15) is 0 Å². The number of rotatable bonds is 8. The van der Waals surface area contributed by atoms with Crippen LogP contribution in [0.1, 0.15) is 0 Å². The minimum Gasteiger partial charge on any atom is -0.494 e. The second-order valence-corrected chi connectivity index (χ2v) is 16.3. The van der Waals surface area contributed by atoms with Crippen molar-refractivity contribution in [3.63, 3.8) is 0 Å². The third kappa shape index (κ3) is 5.08. The summed E-state index contributed by atoms with van der Waals surface area (Å²) in [5.41, 5.74) is 8.66. The van der Waals surface area contributed by atoms with E-state index < -0.39 is 0 Å². The highest BCUT2D eigenvalue weighted by molar-refractivity contribution is 7.32. The third-order valence-corrected chi connectivity index (χ3v) is 13.7. The number of anilines is 2. The molecule has 0 saturated heterocycles. The Hall–Kier alpha value is -4.00. The van der Waals surface area contributed by atoms with E-state index in [1.165, 1.54) is 53.4 Å². The minimum atomic E-state index is 0.889. The summed E-state index contributed by atoms with van der Waals surface area (Å²) in [6.45, 7) is 0. The molecule has 3 aromatic carbocycles. The highest BCUT2D eigenvalue weighted by Gasteiger charge is 2.25. The number of aromatic nitrogens is 2. The van der Waals surface area contributed by atoms with E-state index in [-0.39, 0.29) is 0 Å². The van der Waals surface area contributed by atoms with Gasteiger partial charge in [0, 0.05) is 60.4 Å². The lowest BCUT2D eigenvalue weighted by Crippen LogP contribution is -2.07. The molecule has 47 heavy (non-hydrogen) atoms. The molecule has 5 heterocycles. The number of benzene rings is 3. The first-order chi connectivity index (χ1) is 22.8. The lowest BCUT2D eigenvalue weighted by molar-refractivity contribution is 0.423. The first kappa shape index (κ1) is 30.3. The first-order valence-electron chi connectivity index (χ1n) is 14.9. The Morgan fingerprint density at radius 3 is 1.30 bits per heavy atom. The molecule has 0 radical (unpaired) electrons. The van der Waals surface area contributed by atoms with Crippen LogP contribution in [0, 0.1) is 0 Å². The van der Waals surface area contributed by atoms with E-state index in [0.29, 0.717) is 0 Å². The molecule has 0 atom stereocenters. The van der Waals surface area contributed by atoms with Gasteiger partial charge >= 0.3 is 0 Å². The molecule has 6 nitrogen and oxygen atoms in total. The lowest BCUT2D eigenvalue weighted by atomic mass is 10.1. The summed E-state index contributed by atoms with van der Waals surface area (Å²) >= 11 is 8.29. The molecule has 0 amide bonds. The van der Waals surface area contributed by atoms with Crippen LogP contribution in [0.4, 0.5) is 11.4 Å². The molecule has 0 aliphatic carbocycles. The zero-order chi connectivity index (χ0) is 32.4. The van der Waals surface area contributed by atoms with E-state index in [1.807, 2.05) is 0 Å². The molecule has 11 heteroatoms. The average molecular weight is 711 g/mol. The van der Waals surface area contributed by atoms with Gasteiger partial charge < -0.3 is 19.3 Å².